The van der Waals surface area contributed by atoms with E-state index in [1.165, 1.54) is 0 Å². The highest BCUT2D eigenvalue weighted by Gasteiger charge is 2.23. The molecule has 1 aliphatic rings. The molecule has 0 amide bonds. The van der Waals surface area contributed by atoms with Gasteiger partial charge in [0.1, 0.15) is 29.7 Å². The molecule has 0 spiro atoms. The van der Waals surface area contributed by atoms with Crippen molar-refractivity contribution in [3.63, 3.8) is 0 Å². The van der Waals surface area contributed by atoms with E-state index >= 15 is 0 Å². The van der Waals surface area contributed by atoms with Gasteiger partial charge in [-0.1, -0.05) is 13.3 Å². The zero-order valence-corrected chi connectivity index (χ0v) is 15.6. The van der Waals surface area contributed by atoms with E-state index in [2.05, 4.69) is 0 Å². The number of hydrogen-bond donors (Lipinski definition) is 1. The van der Waals surface area contributed by atoms with Gasteiger partial charge in [0.15, 0.2) is 0 Å². The molecule has 138 valence electrons. The molecule has 0 radical (unpaired) electrons. The van der Waals surface area contributed by atoms with Gasteiger partial charge in [0.2, 0.25) is 0 Å². The summed E-state index contributed by atoms with van der Waals surface area (Å²) in [6.45, 7) is 3.22. The first-order valence-corrected chi connectivity index (χ1v) is 8.74. The molecular formula is C20H28FNO3. The maximum absolute atomic E-state index is 14.7. The van der Waals surface area contributed by atoms with Crippen molar-refractivity contribution in [2.24, 2.45) is 0 Å². The van der Waals surface area contributed by atoms with Crippen LogP contribution in [-0.4, -0.2) is 44.4 Å². The molecule has 1 aromatic rings. The van der Waals surface area contributed by atoms with Gasteiger partial charge in [-0.3, -0.25) is 0 Å². The molecule has 2 rings (SSSR count). The van der Waals surface area contributed by atoms with Crippen LogP contribution in [0.3, 0.4) is 0 Å². The monoisotopic (exact) mass is 349 g/mol. The van der Waals surface area contributed by atoms with Crippen LogP contribution in [0, 0.1) is 0 Å². The molecule has 0 saturated carbocycles. The lowest BCUT2D eigenvalue weighted by molar-refractivity contribution is 0.259. The zero-order valence-electron chi connectivity index (χ0n) is 15.6. The van der Waals surface area contributed by atoms with E-state index in [-0.39, 0.29) is 11.6 Å². The van der Waals surface area contributed by atoms with Crippen LogP contribution in [-0.2, 0) is 11.2 Å². The number of nitrogens with zero attached hydrogens (tertiary/aromatic N) is 1. The van der Waals surface area contributed by atoms with Crippen molar-refractivity contribution in [1.29, 1.82) is 0 Å². The Bertz CT molecular complexity index is 665. The molecule has 0 saturated heterocycles. The number of likely N-dealkylation sites (N-methyl/N-ethyl adjacent to an activating group) is 1. The Morgan fingerprint density at radius 2 is 2.04 bits per heavy atom. The van der Waals surface area contributed by atoms with Gasteiger partial charge < -0.3 is 19.5 Å². The maximum atomic E-state index is 14.7. The molecule has 0 heterocycles. The van der Waals surface area contributed by atoms with Gasteiger partial charge >= 0.3 is 0 Å². The molecule has 25 heavy (non-hydrogen) atoms. The number of phenols is 1. The number of benzene rings is 1. The van der Waals surface area contributed by atoms with Gasteiger partial charge in [-0.05, 0) is 44.6 Å². The lowest BCUT2D eigenvalue weighted by Gasteiger charge is -2.21. The standard InChI is InChI=1S/C20H28FNO3/c1-5-7-14-12-15(20-16(21)8-6-9-18(20)24-4)19(13-17(14)23)25-11-10-22(2)3/h9,12-13,23H,5-8,10-11H2,1-4H3. The average molecular weight is 349 g/mol. The summed E-state index contributed by atoms with van der Waals surface area (Å²) in [6, 6.07) is 3.43. The van der Waals surface area contributed by atoms with E-state index in [9.17, 15) is 9.50 Å². The summed E-state index contributed by atoms with van der Waals surface area (Å²) >= 11 is 0. The summed E-state index contributed by atoms with van der Waals surface area (Å²) in [7, 11) is 5.47. The number of phenolic OH excluding ortho intramolecular Hbond substituents is 1. The SMILES string of the molecule is CCCc1cc(C2=C(F)CCC=C2OC)c(OCCN(C)C)cc1O. The summed E-state index contributed by atoms with van der Waals surface area (Å²) < 4.78 is 25.9. The van der Waals surface area contributed by atoms with Gasteiger partial charge in [-0.2, -0.15) is 0 Å². The fourth-order valence-corrected chi connectivity index (χ4v) is 2.89. The fraction of sp³-hybridized carbons (Fsp3) is 0.500. The fourth-order valence-electron chi connectivity index (χ4n) is 2.89. The van der Waals surface area contributed by atoms with Crippen LogP contribution >= 0.6 is 0 Å². The molecule has 4 nitrogen and oxygen atoms in total. The average Bonchev–Trinajstić information content (AvgIpc) is 2.57. The van der Waals surface area contributed by atoms with Crippen LogP contribution in [0.25, 0.3) is 5.57 Å². The first-order valence-electron chi connectivity index (χ1n) is 8.74. The molecule has 0 fully saturated rings. The second kappa shape index (κ2) is 8.90. The normalized spacial score (nSPS) is 14.7. The highest BCUT2D eigenvalue weighted by Crippen LogP contribution is 2.41. The minimum Gasteiger partial charge on any atom is -0.508 e. The number of rotatable bonds is 8. The van der Waals surface area contributed by atoms with E-state index < -0.39 is 0 Å². The zero-order chi connectivity index (χ0) is 18.4. The van der Waals surface area contributed by atoms with E-state index in [0.717, 1.165) is 24.9 Å². The van der Waals surface area contributed by atoms with E-state index in [1.54, 1.807) is 13.2 Å². The van der Waals surface area contributed by atoms with Crippen molar-refractivity contribution in [3.05, 3.63) is 40.9 Å². The van der Waals surface area contributed by atoms with Gasteiger partial charge in [-0.25, -0.2) is 4.39 Å². The lowest BCUT2D eigenvalue weighted by atomic mass is 9.93. The topological polar surface area (TPSA) is 41.9 Å². The summed E-state index contributed by atoms with van der Waals surface area (Å²) in [4.78, 5) is 2.01. The van der Waals surface area contributed by atoms with Crippen LogP contribution in [0.1, 0.15) is 37.3 Å². The third kappa shape index (κ3) is 4.75. The van der Waals surface area contributed by atoms with Crippen molar-refractivity contribution in [1.82, 2.24) is 4.90 Å². The molecule has 0 bridgehead atoms. The minimum absolute atomic E-state index is 0.185. The lowest BCUT2D eigenvalue weighted by Crippen LogP contribution is -2.20. The van der Waals surface area contributed by atoms with Crippen molar-refractivity contribution < 1.29 is 19.0 Å². The third-order valence-corrected chi connectivity index (χ3v) is 4.20. The maximum Gasteiger partial charge on any atom is 0.131 e. The van der Waals surface area contributed by atoms with E-state index in [0.29, 0.717) is 42.1 Å². The van der Waals surface area contributed by atoms with Crippen LogP contribution in [0.15, 0.2) is 29.8 Å². The first kappa shape index (κ1) is 19.3. The second-order valence-electron chi connectivity index (χ2n) is 6.47. The summed E-state index contributed by atoms with van der Waals surface area (Å²) in [5.74, 6) is 0.985. The minimum atomic E-state index is -0.204. The Balaban J connectivity index is 2.48. The summed E-state index contributed by atoms with van der Waals surface area (Å²) in [6.07, 6.45) is 4.48. The smallest absolute Gasteiger partial charge is 0.131 e. The number of ether oxygens (including phenoxy) is 2. The van der Waals surface area contributed by atoms with Crippen molar-refractivity contribution >= 4 is 5.57 Å². The van der Waals surface area contributed by atoms with Crippen molar-refractivity contribution in [2.45, 2.75) is 32.6 Å². The van der Waals surface area contributed by atoms with E-state index in [1.807, 2.05) is 38.1 Å². The van der Waals surface area contributed by atoms with Gasteiger partial charge in [0.25, 0.3) is 0 Å². The Kier molecular flexibility index (Phi) is 6.88. The number of aryl methyl sites for hydroxylation is 1. The van der Waals surface area contributed by atoms with Crippen LogP contribution in [0.4, 0.5) is 4.39 Å². The van der Waals surface area contributed by atoms with E-state index in [4.69, 9.17) is 9.47 Å². The number of methoxy groups -OCH3 is 1. The van der Waals surface area contributed by atoms with Crippen molar-refractivity contribution in [3.8, 4) is 11.5 Å². The van der Waals surface area contributed by atoms with Crippen LogP contribution in [0.5, 0.6) is 11.5 Å². The predicted molar refractivity (Wildman–Crippen MR) is 98.5 cm³/mol. The Morgan fingerprint density at radius 1 is 1.28 bits per heavy atom. The molecule has 0 aliphatic heterocycles. The number of hydrogen-bond acceptors (Lipinski definition) is 4. The highest BCUT2D eigenvalue weighted by molar-refractivity contribution is 5.83. The summed E-state index contributed by atoms with van der Waals surface area (Å²) in [5, 5.41) is 10.3. The molecule has 1 N–H and O–H groups in total. The molecule has 1 aromatic carbocycles. The molecular weight excluding hydrogens is 321 g/mol. The molecule has 0 aromatic heterocycles. The molecule has 0 atom stereocenters. The molecule has 5 heteroatoms. The summed E-state index contributed by atoms with van der Waals surface area (Å²) in [5.41, 5.74) is 1.87. The Labute approximate surface area is 149 Å². The highest BCUT2D eigenvalue weighted by atomic mass is 19.1. The van der Waals surface area contributed by atoms with Gasteiger partial charge in [-0.15, -0.1) is 0 Å². The predicted octanol–water partition coefficient (Wildman–Crippen LogP) is 4.29. The molecule has 1 aliphatic carbocycles. The van der Waals surface area contributed by atoms with Crippen LogP contribution < -0.4 is 4.74 Å². The number of aromatic hydroxyl groups is 1. The van der Waals surface area contributed by atoms with Gasteiger partial charge in [0.05, 0.1) is 12.7 Å². The van der Waals surface area contributed by atoms with Crippen molar-refractivity contribution in [2.75, 3.05) is 34.4 Å². The van der Waals surface area contributed by atoms with Crippen LogP contribution in [0.2, 0.25) is 0 Å². The van der Waals surface area contributed by atoms with Gasteiger partial charge in [0, 0.05) is 24.6 Å². The quantitative estimate of drug-likeness (QED) is 0.760. The first-order chi connectivity index (χ1) is 12.0. The Morgan fingerprint density at radius 3 is 2.68 bits per heavy atom. The number of halogens is 1. The Hall–Kier alpha value is -2.01. The third-order valence-electron chi connectivity index (χ3n) is 4.20. The largest absolute Gasteiger partial charge is 0.508 e. The second-order valence-corrected chi connectivity index (χ2v) is 6.47. The molecule has 0 unspecified atom stereocenters. The number of allylic oxidation sites excluding steroid dienone is 3.